The number of esters is 1. The van der Waals surface area contributed by atoms with Gasteiger partial charge in [0, 0.05) is 4.47 Å². The fraction of sp³-hybridized carbons (Fsp3) is 0.133. The van der Waals surface area contributed by atoms with Gasteiger partial charge in [-0.3, -0.25) is 14.5 Å². The summed E-state index contributed by atoms with van der Waals surface area (Å²) < 4.78 is 6.71. The maximum atomic E-state index is 12.2. The number of benzene rings is 1. The number of imide groups is 1. The van der Waals surface area contributed by atoms with Crippen LogP contribution >= 0.6 is 43.2 Å². The number of carbonyl (C=O) groups excluding carboxylic acids is 3. The van der Waals surface area contributed by atoms with E-state index in [-0.39, 0.29) is 25.0 Å². The monoisotopic (exact) mass is 457 g/mol. The minimum atomic E-state index is -0.488. The van der Waals surface area contributed by atoms with Crippen LogP contribution in [-0.2, 0) is 4.74 Å². The number of thiophene rings is 1. The van der Waals surface area contributed by atoms with Crippen molar-refractivity contribution in [2.45, 2.75) is 0 Å². The van der Waals surface area contributed by atoms with E-state index in [2.05, 4.69) is 31.9 Å². The van der Waals surface area contributed by atoms with E-state index in [9.17, 15) is 14.4 Å². The van der Waals surface area contributed by atoms with E-state index in [1.807, 2.05) is 0 Å². The standard InChI is InChI=1S/C15H9Br2NO4S/c16-10-7-11(23-12(10)17)15(21)22-6-5-18-13(19)8-3-1-2-4-9(8)14(18)20/h1-4,7H,5-6H2. The van der Waals surface area contributed by atoms with Crippen molar-refractivity contribution >= 4 is 61.0 Å². The Morgan fingerprint density at radius 1 is 1.13 bits per heavy atom. The van der Waals surface area contributed by atoms with Crippen LogP contribution in [0.3, 0.4) is 0 Å². The van der Waals surface area contributed by atoms with E-state index in [1.54, 1.807) is 30.3 Å². The van der Waals surface area contributed by atoms with Crippen molar-refractivity contribution in [3.63, 3.8) is 0 Å². The van der Waals surface area contributed by atoms with Gasteiger partial charge < -0.3 is 4.74 Å². The molecule has 0 bridgehead atoms. The predicted octanol–water partition coefficient (Wildman–Crippen LogP) is 3.73. The zero-order valence-corrected chi connectivity index (χ0v) is 15.5. The third-order valence-corrected chi connectivity index (χ3v) is 6.51. The second-order valence-electron chi connectivity index (χ2n) is 4.68. The first-order valence-corrected chi connectivity index (χ1v) is 8.96. The molecular formula is C15H9Br2NO4S. The molecule has 0 aliphatic carbocycles. The first-order valence-electron chi connectivity index (χ1n) is 6.56. The van der Waals surface area contributed by atoms with E-state index in [1.165, 1.54) is 11.3 Å². The van der Waals surface area contributed by atoms with Crippen molar-refractivity contribution in [3.8, 4) is 0 Å². The number of amides is 2. The molecule has 2 amide bonds. The molecule has 0 N–H and O–H groups in total. The minimum absolute atomic E-state index is 0.0335. The molecule has 23 heavy (non-hydrogen) atoms. The number of carbonyl (C=O) groups is 3. The van der Waals surface area contributed by atoms with Gasteiger partial charge in [0.25, 0.3) is 11.8 Å². The molecule has 0 saturated heterocycles. The molecule has 3 rings (SSSR count). The highest BCUT2D eigenvalue weighted by molar-refractivity contribution is 9.13. The zero-order valence-electron chi connectivity index (χ0n) is 11.5. The highest BCUT2D eigenvalue weighted by Gasteiger charge is 2.34. The number of halogens is 2. The Hall–Kier alpha value is -1.51. The molecule has 0 unspecified atom stereocenters. The molecule has 2 aromatic rings. The van der Waals surface area contributed by atoms with Crippen LogP contribution in [0.4, 0.5) is 0 Å². The molecule has 1 aromatic heterocycles. The first-order chi connectivity index (χ1) is 11.0. The third-order valence-electron chi connectivity index (χ3n) is 3.27. The van der Waals surface area contributed by atoms with Crippen LogP contribution in [0.25, 0.3) is 0 Å². The Morgan fingerprint density at radius 3 is 2.26 bits per heavy atom. The summed E-state index contributed by atoms with van der Waals surface area (Å²) in [6.45, 7) is -0.0107. The van der Waals surface area contributed by atoms with Gasteiger partial charge in [-0.05, 0) is 50.1 Å². The Bertz CT molecular complexity index is 763. The summed E-state index contributed by atoms with van der Waals surface area (Å²) in [5.41, 5.74) is 0.768. The summed E-state index contributed by atoms with van der Waals surface area (Å²) in [6, 6.07) is 8.30. The van der Waals surface area contributed by atoms with Gasteiger partial charge in [0.15, 0.2) is 0 Å². The SMILES string of the molecule is O=C(OCCN1C(=O)c2ccccc2C1=O)c1cc(Br)c(Br)s1. The number of rotatable bonds is 4. The van der Waals surface area contributed by atoms with E-state index < -0.39 is 5.97 Å². The third kappa shape index (κ3) is 3.11. The average Bonchev–Trinajstić information content (AvgIpc) is 3.00. The second kappa shape index (κ2) is 6.54. The van der Waals surface area contributed by atoms with Gasteiger partial charge in [-0.25, -0.2) is 4.79 Å². The van der Waals surface area contributed by atoms with Crippen molar-refractivity contribution in [2.24, 2.45) is 0 Å². The molecule has 0 atom stereocenters. The van der Waals surface area contributed by atoms with E-state index in [0.717, 1.165) is 13.2 Å². The van der Waals surface area contributed by atoms with Crippen LogP contribution < -0.4 is 0 Å². The Kier molecular flexibility index (Phi) is 4.65. The van der Waals surface area contributed by atoms with Crippen molar-refractivity contribution in [2.75, 3.05) is 13.2 Å². The summed E-state index contributed by atoms with van der Waals surface area (Å²) in [4.78, 5) is 37.8. The smallest absolute Gasteiger partial charge is 0.348 e. The van der Waals surface area contributed by atoms with Gasteiger partial charge in [0.2, 0.25) is 0 Å². The molecule has 1 aromatic carbocycles. The van der Waals surface area contributed by atoms with Crippen molar-refractivity contribution < 1.29 is 19.1 Å². The van der Waals surface area contributed by atoms with E-state index >= 15 is 0 Å². The Morgan fingerprint density at radius 2 is 1.74 bits per heavy atom. The zero-order chi connectivity index (χ0) is 16.6. The molecule has 5 nitrogen and oxygen atoms in total. The maximum Gasteiger partial charge on any atom is 0.348 e. The molecule has 1 aliphatic heterocycles. The summed E-state index contributed by atoms with van der Waals surface area (Å²) in [7, 11) is 0. The van der Waals surface area contributed by atoms with Crippen LogP contribution in [-0.4, -0.2) is 35.8 Å². The van der Waals surface area contributed by atoms with Crippen LogP contribution in [0, 0.1) is 0 Å². The van der Waals surface area contributed by atoms with Crippen LogP contribution in [0.2, 0.25) is 0 Å². The van der Waals surface area contributed by atoms with Crippen LogP contribution in [0.1, 0.15) is 30.4 Å². The number of hydrogen-bond donors (Lipinski definition) is 0. The fourth-order valence-corrected chi connectivity index (χ4v) is 4.12. The quantitative estimate of drug-likeness (QED) is 0.517. The molecule has 0 fully saturated rings. The van der Waals surface area contributed by atoms with Crippen LogP contribution in [0.5, 0.6) is 0 Å². The van der Waals surface area contributed by atoms with E-state index in [0.29, 0.717) is 16.0 Å². The van der Waals surface area contributed by atoms with Gasteiger partial charge >= 0.3 is 5.97 Å². The van der Waals surface area contributed by atoms with Crippen LogP contribution in [0.15, 0.2) is 38.6 Å². The van der Waals surface area contributed by atoms with Gasteiger partial charge in [-0.15, -0.1) is 11.3 Å². The van der Waals surface area contributed by atoms with E-state index in [4.69, 9.17) is 4.74 Å². The van der Waals surface area contributed by atoms with Gasteiger partial charge in [0.05, 0.1) is 21.5 Å². The summed E-state index contributed by atoms with van der Waals surface area (Å²) in [6.07, 6.45) is 0. The lowest BCUT2D eigenvalue weighted by Crippen LogP contribution is -2.33. The molecule has 0 radical (unpaired) electrons. The molecule has 118 valence electrons. The molecule has 8 heteroatoms. The number of hydrogen-bond acceptors (Lipinski definition) is 5. The normalized spacial score (nSPS) is 13.4. The predicted molar refractivity (Wildman–Crippen MR) is 91.8 cm³/mol. The Balaban J connectivity index is 1.61. The second-order valence-corrected chi connectivity index (χ2v) is 7.90. The molecule has 2 heterocycles. The molecule has 0 spiro atoms. The van der Waals surface area contributed by atoms with Gasteiger partial charge in [0.1, 0.15) is 11.5 Å². The lowest BCUT2D eigenvalue weighted by molar-refractivity contribution is 0.0424. The number of nitrogens with zero attached hydrogens (tertiary/aromatic N) is 1. The summed E-state index contributed by atoms with van der Waals surface area (Å²) >= 11 is 7.85. The van der Waals surface area contributed by atoms with Crippen molar-refractivity contribution in [3.05, 3.63) is 54.6 Å². The van der Waals surface area contributed by atoms with Gasteiger partial charge in [-0.1, -0.05) is 12.1 Å². The molecule has 0 saturated carbocycles. The first kappa shape index (κ1) is 16.4. The Labute approximate surface area is 152 Å². The number of ether oxygens (including phenoxy) is 1. The van der Waals surface area contributed by atoms with Gasteiger partial charge in [-0.2, -0.15) is 0 Å². The average molecular weight is 459 g/mol. The minimum Gasteiger partial charge on any atom is -0.460 e. The molecule has 1 aliphatic rings. The summed E-state index contributed by atoms with van der Waals surface area (Å²) in [5.74, 6) is -1.20. The largest absolute Gasteiger partial charge is 0.460 e. The van der Waals surface area contributed by atoms with Crippen molar-refractivity contribution in [1.29, 1.82) is 0 Å². The highest BCUT2D eigenvalue weighted by atomic mass is 79.9. The lowest BCUT2D eigenvalue weighted by atomic mass is 10.1. The molecular weight excluding hydrogens is 450 g/mol. The number of fused-ring (bicyclic) bond motifs is 1. The fourth-order valence-electron chi connectivity index (χ4n) is 2.19. The highest BCUT2D eigenvalue weighted by Crippen LogP contribution is 2.32. The topological polar surface area (TPSA) is 63.7 Å². The maximum absolute atomic E-state index is 12.2. The summed E-state index contributed by atoms with van der Waals surface area (Å²) in [5, 5.41) is 0. The van der Waals surface area contributed by atoms with Crippen molar-refractivity contribution in [1.82, 2.24) is 4.90 Å². The lowest BCUT2D eigenvalue weighted by Gasteiger charge is -2.13.